The highest BCUT2D eigenvalue weighted by atomic mass is 16.5. The van der Waals surface area contributed by atoms with E-state index in [1.165, 1.54) is 0 Å². The van der Waals surface area contributed by atoms with E-state index in [0.29, 0.717) is 39.2 Å². The first-order chi connectivity index (χ1) is 19.0. The Morgan fingerprint density at radius 3 is 2.21 bits per heavy atom. The van der Waals surface area contributed by atoms with Crippen molar-refractivity contribution in [3.05, 3.63) is 60.2 Å². The summed E-state index contributed by atoms with van der Waals surface area (Å²) in [5.41, 5.74) is -0.0362. The fraction of sp³-hybridized carbons (Fsp3) is 0.469. The van der Waals surface area contributed by atoms with E-state index in [1.54, 1.807) is 0 Å². The average molecular weight is 530 g/mol. The summed E-state index contributed by atoms with van der Waals surface area (Å²) in [5.74, 6) is -0.288. The molecule has 0 saturated carbocycles. The number of amides is 2. The molecule has 0 radical (unpaired) electrons. The van der Waals surface area contributed by atoms with E-state index < -0.39 is 5.41 Å². The predicted octanol–water partition coefficient (Wildman–Crippen LogP) is 4.77. The molecule has 5 rings (SSSR count). The van der Waals surface area contributed by atoms with Crippen molar-refractivity contribution in [1.29, 1.82) is 0 Å². The lowest BCUT2D eigenvalue weighted by Crippen LogP contribution is -2.55. The number of esters is 1. The van der Waals surface area contributed by atoms with E-state index >= 15 is 0 Å². The third-order valence-electron chi connectivity index (χ3n) is 8.44. The Bertz CT molecular complexity index is 1310. The SMILES string of the molecule is CCNC(=O)CC1(C(=O)OCC)CCCN(C2CCN(C(=O)c3c4ccccc4cc4ccccc34)CC2)C1. The molecular formula is C32H39N3O4. The summed E-state index contributed by atoms with van der Waals surface area (Å²) in [6.45, 7) is 7.29. The molecule has 1 atom stereocenters. The summed E-state index contributed by atoms with van der Waals surface area (Å²) >= 11 is 0. The number of nitrogens with zero attached hydrogens (tertiary/aromatic N) is 2. The van der Waals surface area contributed by atoms with Crippen molar-refractivity contribution < 1.29 is 19.1 Å². The molecule has 0 bridgehead atoms. The molecule has 0 aliphatic carbocycles. The molecule has 1 unspecified atom stereocenters. The summed E-state index contributed by atoms with van der Waals surface area (Å²) in [6.07, 6.45) is 3.34. The Balaban J connectivity index is 1.32. The van der Waals surface area contributed by atoms with Gasteiger partial charge in [-0.25, -0.2) is 0 Å². The minimum Gasteiger partial charge on any atom is -0.466 e. The molecule has 7 heteroatoms. The van der Waals surface area contributed by atoms with Crippen molar-refractivity contribution in [3.63, 3.8) is 0 Å². The topological polar surface area (TPSA) is 79.0 Å². The maximum Gasteiger partial charge on any atom is 0.313 e. The molecule has 2 fully saturated rings. The van der Waals surface area contributed by atoms with Crippen LogP contribution in [0.25, 0.3) is 21.5 Å². The van der Waals surface area contributed by atoms with E-state index in [0.717, 1.165) is 52.9 Å². The first-order valence-electron chi connectivity index (χ1n) is 14.3. The normalized spacial score (nSPS) is 20.7. The zero-order valence-electron chi connectivity index (χ0n) is 23.1. The second-order valence-electron chi connectivity index (χ2n) is 10.9. The zero-order valence-corrected chi connectivity index (χ0v) is 23.1. The highest BCUT2D eigenvalue weighted by Crippen LogP contribution is 2.38. The van der Waals surface area contributed by atoms with Gasteiger partial charge in [-0.1, -0.05) is 48.5 Å². The fourth-order valence-corrected chi connectivity index (χ4v) is 6.55. The Kier molecular flexibility index (Phi) is 8.17. The van der Waals surface area contributed by atoms with Crippen LogP contribution in [0.4, 0.5) is 0 Å². The molecule has 206 valence electrons. The number of carbonyl (C=O) groups excluding carboxylic acids is 3. The van der Waals surface area contributed by atoms with Crippen LogP contribution in [-0.2, 0) is 14.3 Å². The number of ether oxygens (including phenoxy) is 1. The first kappa shape index (κ1) is 27.1. The molecule has 0 spiro atoms. The Morgan fingerprint density at radius 1 is 0.949 bits per heavy atom. The number of likely N-dealkylation sites (tertiary alicyclic amines) is 2. The molecule has 0 aromatic heterocycles. The van der Waals surface area contributed by atoms with Crippen molar-refractivity contribution in [3.8, 4) is 0 Å². The minimum absolute atomic E-state index is 0.0807. The summed E-state index contributed by atoms with van der Waals surface area (Å²) in [6, 6.07) is 18.6. The number of benzene rings is 3. The van der Waals surface area contributed by atoms with Gasteiger partial charge >= 0.3 is 5.97 Å². The highest BCUT2D eigenvalue weighted by Gasteiger charge is 2.46. The van der Waals surface area contributed by atoms with Gasteiger partial charge in [-0.2, -0.15) is 0 Å². The summed E-state index contributed by atoms with van der Waals surface area (Å²) in [4.78, 5) is 44.0. The molecule has 39 heavy (non-hydrogen) atoms. The number of piperidine rings is 2. The predicted molar refractivity (Wildman–Crippen MR) is 154 cm³/mol. The van der Waals surface area contributed by atoms with Crippen LogP contribution in [0.15, 0.2) is 54.6 Å². The van der Waals surface area contributed by atoms with Gasteiger partial charge in [-0.15, -0.1) is 0 Å². The van der Waals surface area contributed by atoms with E-state index in [9.17, 15) is 14.4 Å². The van der Waals surface area contributed by atoms with E-state index in [4.69, 9.17) is 4.74 Å². The third-order valence-corrected chi connectivity index (χ3v) is 8.44. The van der Waals surface area contributed by atoms with Crippen molar-refractivity contribution in [1.82, 2.24) is 15.1 Å². The van der Waals surface area contributed by atoms with Crippen LogP contribution >= 0.6 is 0 Å². The van der Waals surface area contributed by atoms with Gasteiger partial charge in [0, 0.05) is 38.6 Å². The molecule has 3 aromatic rings. The van der Waals surface area contributed by atoms with Crippen molar-refractivity contribution in [2.75, 3.05) is 39.3 Å². The molecule has 2 aliphatic rings. The summed E-state index contributed by atoms with van der Waals surface area (Å²) < 4.78 is 5.47. The summed E-state index contributed by atoms with van der Waals surface area (Å²) in [7, 11) is 0. The smallest absolute Gasteiger partial charge is 0.313 e. The lowest BCUT2D eigenvalue weighted by molar-refractivity contribution is -0.162. The van der Waals surface area contributed by atoms with Gasteiger partial charge in [0.25, 0.3) is 5.91 Å². The first-order valence-corrected chi connectivity index (χ1v) is 14.3. The number of fused-ring (bicyclic) bond motifs is 2. The van der Waals surface area contributed by atoms with Crippen molar-refractivity contribution in [2.24, 2.45) is 5.41 Å². The van der Waals surface area contributed by atoms with Gasteiger partial charge in [0.15, 0.2) is 0 Å². The van der Waals surface area contributed by atoms with Crippen LogP contribution in [0, 0.1) is 5.41 Å². The largest absolute Gasteiger partial charge is 0.466 e. The average Bonchev–Trinajstić information content (AvgIpc) is 2.96. The summed E-state index contributed by atoms with van der Waals surface area (Å²) in [5, 5.41) is 6.99. The quantitative estimate of drug-likeness (QED) is 0.352. The standard InChI is InChI=1S/C32H39N3O4/c1-3-33-28(36)21-32(31(38)39-4-2)16-9-17-35(22-32)25-14-18-34(19-15-25)30(37)29-26-12-7-5-10-23(26)20-24-11-6-8-13-27(24)29/h5-8,10-13,20,25H,3-4,9,14-19,21-22H2,1-2H3,(H,33,36). The van der Waals surface area contributed by atoms with Gasteiger partial charge in [-0.3, -0.25) is 19.3 Å². The number of nitrogens with one attached hydrogen (secondary N) is 1. The lowest BCUT2D eigenvalue weighted by Gasteiger charge is -2.46. The molecule has 3 aromatic carbocycles. The van der Waals surface area contributed by atoms with E-state index in [1.807, 2.05) is 55.1 Å². The molecule has 7 nitrogen and oxygen atoms in total. The maximum atomic E-state index is 14.0. The van der Waals surface area contributed by atoms with Gasteiger partial charge in [0.05, 0.1) is 17.6 Å². The molecular weight excluding hydrogens is 490 g/mol. The molecule has 2 heterocycles. The van der Waals surface area contributed by atoms with Crippen LogP contribution in [0.5, 0.6) is 0 Å². The Labute approximate surface area is 230 Å². The van der Waals surface area contributed by atoms with Crippen LogP contribution in [0.3, 0.4) is 0 Å². The van der Waals surface area contributed by atoms with Crippen LogP contribution in [-0.4, -0.2) is 73.0 Å². The maximum absolute atomic E-state index is 14.0. The van der Waals surface area contributed by atoms with Gasteiger partial charge in [0.1, 0.15) is 0 Å². The van der Waals surface area contributed by atoms with E-state index in [-0.39, 0.29) is 30.2 Å². The Morgan fingerprint density at radius 2 is 1.59 bits per heavy atom. The van der Waals surface area contributed by atoms with Gasteiger partial charge in [-0.05, 0) is 73.7 Å². The fourth-order valence-electron chi connectivity index (χ4n) is 6.55. The highest BCUT2D eigenvalue weighted by molar-refractivity contribution is 6.18. The van der Waals surface area contributed by atoms with Gasteiger partial charge < -0.3 is 15.0 Å². The Hall–Kier alpha value is -3.45. The molecule has 2 saturated heterocycles. The lowest BCUT2D eigenvalue weighted by atomic mass is 9.76. The van der Waals surface area contributed by atoms with Crippen LogP contribution in [0.1, 0.15) is 56.3 Å². The number of carbonyl (C=O) groups is 3. The minimum atomic E-state index is -0.817. The molecule has 2 aliphatic heterocycles. The van der Waals surface area contributed by atoms with Gasteiger partial charge in [0.2, 0.25) is 5.91 Å². The molecule has 2 amide bonds. The van der Waals surface area contributed by atoms with Crippen molar-refractivity contribution >= 4 is 39.3 Å². The molecule has 1 N–H and O–H groups in total. The monoisotopic (exact) mass is 529 g/mol. The second kappa shape index (κ2) is 11.7. The number of hydrogen-bond donors (Lipinski definition) is 1. The van der Waals surface area contributed by atoms with Crippen LogP contribution in [0.2, 0.25) is 0 Å². The second-order valence-corrected chi connectivity index (χ2v) is 10.9. The number of hydrogen-bond acceptors (Lipinski definition) is 5. The van der Waals surface area contributed by atoms with Crippen molar-refractivity contribution in [2.45, 2.75) is 52.0 Å². The van der Waals surface area contributed by atoms with E-state index in [2.05, 4.69) is 28.4 Å². The number of rotatable bonds is 7. The van der Waals surface area contributed by atoms with Crippen LogP contribution < -0.4 is 5.32 Å². The zero-order chi connectivity index (χ0) is 27.4. The third kappa shape index (κ3) is 5.50.